The average Bonchev–Trinajstić information content (AvgIpc) is 2.88. The van der Waals surface area contributed by atoms with E-state index in [1.165, 1.54) is 11.3 Å². The normalized spacial score (nSPS) is 10.1. The fourth-order valence-electron chi connectivity index (χ4n) is 1.43. The van der Waals surface area contributed by atoms with E-state index in [0.717, 1.165) is 5.56 Å². The SMILES string of the molecule is CCOC(=O)c1nnc(-c2ccccc2OC)s1. The fourth-order valence-corrected chi connectivity index (χ4v) is 2.20. The lowest BCUT2D eigenvalue weighted by Crippen LogP contribution is -2.03. The lowest BCUT2D eigenvalue weighted by atomic mass is 10.2. The van der Waals surface area contributed by atoms with E-state index in [1.807, 2.05) is 24.3 Å². The van der Waals surface area contributed by atoms with Crippen LogP contribution in [-0.4, -0.2) is 29.9 Å². The minimum atomic E-state index is -0.448. The number of esters is 1. The molecule has 0 aliphatic rings. The summed E-state index contributed by atoms with van der Waals surface area (Å²) in [7, 11) is 1.59. The molecule has 1 heterocycles. The first-order valence-electron chi connectivity index (χ1n) is 5.40. The smallest absolute Gasteiger partial charge is 0.369 e. The van der Waals surface area contributed by atoms with E-state index in [2.05, 4.69) is 10.2 Å². The lowest BCUT2D eigenvalue weighted by Gasteiger charge is -2.03. The Bertz CT molecular complexity index is 554. The van der Waals surface area contributed by atoms with Crippen LogP contribution in [0.1, 0.15) is 16.7 Å². The van der Waals surface area contributed by atoms with Gasteiger partial charge < -0.3 is 9.47 Å². The van der Waals surface area contributed by atoms with Gasteiger partial charge in [-0.2, -0.15) is 0 Å². The van der Waals surface area contributed by atoms with E-state index in [9.17, 15) is 4.79 Å². The second-order valence-corrected chi connectivity index (χ2v) is 4.31. The third kappa shape index (κ3) is 2.48. The Labute approximate surface area is 108 Å². The van der Waals surface area contributed by atoms with Gasteiger partial charge in [0.05, 0.1) is 19.3 Å². The highest BCUT2D eigenvalue weighted by atomic mass is 32.1. The van der Waals surface area contributed by atoms with Gasteiger partial charge in [0, 0.05) is 0 Å². The topological polar surface area (TPSA) is 61.3 Å². The van der Waals surface area contributed by atoms with Crippen LogP contribution in [0.3, 0.4) is 0 Å². The van der Waals surface area contributed by atoms with Crippen molar-refractivity contribution < 1.29 is 14.3 Å². The van der Waals surface area contributed by atoms with Crippen LogP contribution in [0.15, 0.2) is 24.3 Å². The molecule has 0 bridgehead atoms. The molecule has 2 aromatic rings. The van der Waals surface area contributed by atoms with Gasteiger partial charge in [0.15, 0.2) is 5.01 Å². The number of para-hydroxylation sites is 1. The molecule has 0 aliphatic heterocycles. The molecule has 0 N–H and O–H groups in total. The van der Waals surface area contributed by atoms with Crippen LogP contribution in [0.4, 0.5) is 0 Å². The van der Waals surface area contributed by atoms with Crippen LogP contribution < -0.4 is 4.74 Å². The van der Waals surface area contributed by atoms with Gasteiger partial charge in [-0.3, -0.25) is 0 Å². The number of aromatic nitrogens is 2. The van der Waals surface area contributed by atoms with Gasteiger partial charge in [-0.1, -0.05) is 23.5 Å². The van der Waals surface area contributed by atoms with Gasteiger partial charge in [-0.25, -0.2) is 4.79 Å². The highest BCUT2D eigenvalue weighted by Gasteiger charge is 2.16. The van der Waals surface area contributed by atoms with Crippen molar-refractivity contribution >= 4 is 17.3 Å². The second-order valence-electron chi connectivity index (χ2n) is 3.33. The zero-order chi connectivity index (χ0) is 13.0. The molecule has 0 unspecified atom stereocenters. The predicted octanol–water partition coefficient (Wildman–Crippen LogP) is 2.39. The molecule has 0 amide bonds. The Kier molecular flexibility index (Phi) is 3.88. The first-order chi connectivity index (χ1) is 8.76. The van der Waals surface area contributed by atoms with E-state index in [4.69, 9.17) is 9.47 Å². The van der Waals surface area contributed by atoms with E-state index < -0.39 is 5.97 Å². The van der Waals surface area contributed by atoms with Crippen molar-refractivity contribution in [2.45, 2.75) is 6.92 Å². The van der Waals surface area contributed by atoms with Crippen molar-refractivity contribution in [1.82, 2.24) is 10.2 Å². The number of carbonyl (C=O) groups excluding carboxylic acids is 1. The third-order valence-electron chi connectivity index (χ3n) is 2.21. The quantitative estimate of drug-likeness (QED) is 0.793. The van der Waals surface area contributed by atoms with Gasteiger partial charge in [0.2, 0.25) is 5.01 Å². The van der Waals surface area contributed by atoms with Crippen molar-refractivity contribution in [3.8, 4) is 16.3 Å². The van der Waals surface area contributed by atoms with E-state index in [1.54, 1.807) is 14.0 Å². The molecular weight excluding hydrogens is 252 g/mol. The molecule has 5 nitrogen and oxygen atoms in total. The van der Waals surface area contributed by atoms with Crippen LogP contribution in [0, 0.1) is 0 Å². The summed E-state index contributed by atoms with van der Waals surface area (Å²) in [5.41, 5.74) is 0.813. The van der Waals surface area contributed by atoms with E-state index in [-0.39, 0.29) is 5.01 Å². The summed E-state index contributed by atoms with van der Waals surface area (Å²) in [6.07, 6.45) is 0. The Morgan fingerprint density at radius 2 is 2.11 bits per heavy atom. The van der Waals surface area contributed by atoms with Crippen molar-refractivity contribution in [1.29, 1.82) is 0 Å². The second kappa shape index (κ2) is 5.59. The zero-order valence-corrected chi connectivity index (χ0v) is 10.9. The maximum atomic E-state index is 11.5. The molecule has 0 fully saturated rings. The first-order valence-corrected chi connectivity index (χ1v) is 6.22. The summed E-state index contributed by atoms with van der Waals surface area (Å²) in [6.45, 7) is 2.07. The van der Waals surface area contributed by atoms with Crippen LogP contribution in [-0.2, 0) is 4.74 Å². The Morgan fingerprint density at radius 3 is 2.83 bits per heavy atom. The average molecular weight is 264 g/mol. The third-order valence-corrected chi connectivity index (χ3v) is 3.15. The van der Waals surface area contributed by atoms with Crippen molar-refractivity contribution in [2.75, 3.05) is 13.7 Å². The summed E-state index contributed by atoms with van der Waals surface area (Å²) in [5, 5.41) is 8.69. The Balaban J connectivity index is 2.32. The number of carbonyl (C=O) groups is 1. The van der Waals surface area contributed by atoms with Gasteiger partial charge in [-0.05, 0) is 19.1 Å². The number of methoxy groups -OCH3 is 1. The van der Waals surface area contributed by atoms with Crippen LogP contribution in [0.2, 0.25) is 0 Å². The van der Waals surface area contributed by atoms with Crippen molar-refractivity contribution in [3.63, 3.8) is 0 Å². The Morgan fingerprint density at radius 1 is 1.33 bits per heavy atom. The molecule has 0 radical (unpaired) electrons. The minimum absolute atomic E-state index is 0.248. The number of nitrogens with zero attached hydrogens (tertiary/aromatic N) is 2. The van der Waals surface area contributed by atoms with Crippen LogP contribution >= 0.6 is 11.3 Å². The predicted molar refractivity (Wildman–Crippen MR) is 67.9 cm³/mol. The molecule has 0 atom stereocenters. The molecule has 0 saturated carbocycles. The number of benzene rings is 1. The maximum Gasteiger partial charge on any atom is 0.369 e. The van der Waals surface area contributed by atoms with E-state index in [0.29, 0.717) is 17.4 Å². The van der Waals surface area contributed by atoms with Gasteiger partial charge in [0.1, 0.15) is 5.75 Å². The lowest BCUT2D eigenvalue weighted by molar-refractivity contribution is 0.0525. The van der Waals surface area contributed by atoms with Gasteiger partial charge in [-0.15, -0.1) is 10.2 Å². The van der Waals surface area contributed by atoms with E-state index >= 15 is 0 Å². The summed E-state index contributed by atoms with van der Waals surface area (Å²) < 4.78 is 10.1. The van der Waals surface area contributed by atoms with Crippen molar-refractivity contribution in [3.05, 3.63) is 29.3 Å². The molecule has 18 heavy (non-hydrogen) atoms. The van der Waals surface area contributed by atoms with Crippen LogP contribution in [0.5, 0.6) is 5.75 Å². The summed E-state index contributed by atoms with van der Waals surface area (Å²) in [6, 6.07) is 7.45. The number of hydrogen-bond donors (Lipinski definition) is 0. The molecule has 2 rings (SSSR count). The monoisotopic (exact) mass is 264 g/mol. The molecule has 0 spiro atoms. The largest absolute Gasteiger partial charge is 0.496 e. The first kappa shape index (κ1) is 12.5. The summed E-state index contributed by atoms with van der Waals surface area (Å²) in [4.78, 5) is 11.5. The summed E-state index contributed by atoms with van der Waals surface area (Å²) >= 11 is 1.19. The zero-order valence-electron chi connectivity index (χ0n) is 10.0. The standard InChI is InChI=1S/C12H12N2O3S/c1-3-17-12(15)11-14-13-10(18-11)8-6-4-5-7-9(8)16-2/h4-7H,3H2,1-2H3. The molecular formula is C12H12N2O3S. The number of rotatable bonds is 4. The molecule has 1 aromatic heterocycles. The van der Waals surface area contributed by atoms with Crippen LogP contribution in [0.25, 0.3) is 10.6 Å². The molecule has 1 aromatic carbocycles. The highest BCUT2D eigenvalue weighted by Crippen LogP contribution is 2.31. The molecule has 0 aliphatic carbocycles. The summed E-state index contributed by atoms with van der Waals surface area (Å²) in [5.74, 6) is 0.250. The highest BCUT2D eigenvalue weighted by molar-refractivity contribution is 7.16. The molecule has 0 saturated heterocycles. The molecule has 6 heteroatoms. The van der Waals surface area contributed by atoms with Crippen molar-refractivity contribution in [2.24, 2.45) is 0 Å². The fraction of sp³-hybridized carbons (Fsp3) is 0.250. The Hall–Kier alpha value is -1.95. The molecule has 94 valence electrons. The van der Waals surface area contributed by atoms with Gasteiger partial charge in [0.25, 0.3) is 0 Å². The minimum Gasteiger partial charge on any atom is -0.496 e. The maximum absolute atomic E-state index is 11.5. The number of ether oxygens (including phenoxy) is 2. The van der Waals surface area contributed by atoms with Gasteiger partial charge >= 0.3 is 5.97 Å². The number of hydrogen-bond acceptors (Lipinski definition) is 6.